The fourth-order valence-electron chi connectivity index (χ4n) is 5.42. The first-order chi connectivity index (χ1) is 16.3. The maximum Gasteiger partial charge on any atom is 0.261 e. The van der Waals surface area contributed by atoms with Crippen molar-refractivity contribution in [1.82, 2.24) is 4.90 Å². The van der Waals surface area contributed by atoms with Crippen molar-refractivity contribution in [2.45, 2.75) is 76.0 Å². The predicted octanol–water partition coefficient (Wildman–Crippen LogP) is 2.41. The van der Waals surface area contributed by atoms with Crippen molar-refractivity contribution in [1.29, 1.82) is 0 Å². The van der Waals surface area contributed by atoms with Crippen molar-refractivity contribution >= 4 is 24.6 Å². The maximum absolute atomic E-state index is 13.0. The lowest BCUT2D eigenvalue weighted by Crippen LogP contribution is -2.67. The molecule has 1 amide bonds. The van der Waals surface area contributed by atoms with Gasteiger partial charge in [-0.2, -0.15) is 0 Å². The van der Waals surface area contributed by atoms with Gasteiger partial charge in [0, 0.05) is 25.5 Å². The lowest BCUT2D eigenvalue weighted by molar-refractivity contribution is -0.146. The highest BCUT2D eigenvalue weighted by molar-refractivity contribution is 6.99. The summed E-state index contributed by atoms with van der Waals surface area (Å²) in [7, 11) is -2.70. The van der Waals surface area contributed by atoms with E-state index in [1.54, 1.807) is 4.90 Å². The van der Waals surface area contributed by atoms with E-state index in [9.17, 15) is 15.0 Å². The van der Waals surface area contributed by atoms with Crippen LogP contribution >= 0.6 is 0 Å². The summed E-state index contributed by atoms with van der Waals surface area (Å²) < 4.78 is 13.0. The molecule has 2 aliphatic heterocycles. The van der Waals surface area contributed by atoms with Gasteiger partial charge in [-0.05, 0) is 28.3 Å². The van der Waals surface area contributed by atoms with E-state index in [1.807, 2.05) is 12.1 Å². The largest absolute Gasteiger partial charge is 0.404 e. The Hall–Kier alpha value is -2.03. The van der Waals surface area contributed by atoms with E-state index in [-0.39, 0.29) is 23.7 Å². The molecule has 2 N–H and O–H groups in total. The zero-order valence-electron chi connectivity index (χ0n) is 20.4. The van der Waals surface area contributed by atoms with Gasteiger partial charge in [0.25, 0.3) is 8.32 Å². The summed E-state index contributed by atoms with van der Waals surface area (Å²) in [5.74, 6) is 0.0179. The Morgan fingerprint density at radius 3 is 2.12 bits per heavy atom. The number of nitrogens with zero attached hydrogens (tertiary/aromatic N) is 1. The monoisotopic (exact) mass is 483 g/mol. The minimum absolute atomic E-state index is 0.0179. The molecule has 184 valence electrons. The van der Waals surface area contributed by atoms with Gasteiger partial charge < -0.3 is 24.3 Å². The maximum atomic E-state index is 13.0. The Morgan fingerprint density at radius 2 is 1.62 bits per heavy atom. The van der Waals surface area contributed by atoms with Gasteiger partial charge in [0.05, 0.1) is 12.7 Å². The highest BCUT2D eigenvalue weighted by atomic mass is 28.4. The second-order valence-corrected chi connectivity index (χ2v) is 14.7. The van der Waals surface area contributed by atoms with Crippen molar-refractivity contribution < 1.29 is 24.2 Å². The van der Waals surface area contributed by atoms with Gasteiger partial charge in [-0.25, -0.2) is 0 Å². The molecule has 2 aliphatic rings. The lowest BCUT2D eigenvalue weighted by atomic mass is 10.2. The van der Waals surface area contributed by atoms with Gasteiger partial charge in [-0.3, -0.25) is 4.79 Å². The third kappa shape index (κ3) is 4.85. The van der Waals surface area contributed by atoms with Crippen LogP contribution in [0.15, 0.2) is 60.7 Å². The van der Waals surface area contributed by atoms with Gasteiger partial charge in [0.2, 0.25) is 5.91 Å². The molecule has 2 saturated heterocycles. The van der Waals surface area contributed by atoms with E-state index in [4.69, 9.17) is 9.16 Å². The topological polar surface area (TPSA) is 79.2 Å². The molecular formula is C27H37NO5Si. The van der Waals surface area contributed by atoms with E-state index in [2.05, 4.69) is 69.3 Å². The standard InChI is InChI=1S/C27H37NO5Si/c1-27(2,3)34(21-10-6-4-7-11-21,22-12-8-5-9-13-22)33-20-14-15-25(31)28(17-16-20)26-18-23(30)24(19-29)32-26/h4-13,20,23-24,26,29-30H,14-19H2,1-3H3/t20-,23?,24+,26+/m0/s1. The average Bonchev–Trinajstić information content (AvgIpc) is 3.10. The Morgan fingerprint density at radius 1 is 1.03 bits per heavy atom. The predicted molar refractivity (Wildman–Crippen MR) is 134 cm³/mol. The van der Waals surface area contributed by atoms with Crippen LogP contribution in [0.3, 0.4) is 0 Å². The summed E-state index contributed by atoms with van der Waals surface area (Å²) >= 11 is 0. The minimum Gasteiger partial charge on any atom is -0.404 e. The summed E-state index contributed by atoms with van der Waals surface area (Å²) in [6, 6.07) is 21.1. The molecule has 2 heterocycles. The lowest BCUT2D eigenvalue weighted by Gasteiger charge is -2.45. The van der Waals surface area contributed by atoms with Crippen LogP contribution in [0, 0.1) is 0 Å². The molecule has 0 saturated carbocycles. The average molecular weight is 484 g/mol. The molecule has 0 bridgehead atoms. The number of rotatable bonds is 6. The first-order valence-corrected chi connectivity index (χ1v) is 14.2. The second kappa shape index (κ2) is 10.3. The van der Waals surface area contributed by atoms with Crippen LogP contribution in [0.25, 0.3) is 0 Å². The number of carbonyl (C=O) groups is 1. The highest BCUT2D eigenvalue weighted by Gasteiger charge is 2.51. The van der Waals surface area contributed by atoms with Crippen molar-refractivity contribution in [2.24, 2.45) is 0 Å². The Balaban J connectivity index is 1.62. The zero-order valence-corrected chi connectivity index (χ0v) is 21.4. The SMILES string of the molecule is CC(C)(C)[Si](O[C@H]1CCC(=O)N([C@H]2CC(O)[C@@H](CO)O2)CC1)(c1ccccc1)c1ccccc1. The third-order valence-electron chi connectivity index (χ3n) is 7.18. The fourth-order valence-corrected chi connectivity index (χ4v) is 10.2. The third-order valence-corrected chi connectivity index (χ3v) is 12.3. The van der Waals surface area contributed by atoms with Gasteiger partial charge in [-0.15, -0.1) is 0 Å². The quantitative estimate of drug-likeness (QED) is 0.617. The molecular weight excluding hydrogens is 446 g/mol. The molecule has 34 heavy (non-hydrogen) atoms. The molecule has 2 aromatic carbocycles. The Bertz CT molecular complexity index is 909. The zero-order chi connectivity index (χ0) is 24.3. The molecule has 4 atom stereocenters. The molecule has 0 aliphatic carbocycles. The molecule has 0 aromatic heterocycles. The number of hydrogen-bond acceptors (Lipinski definition) is 5. The number of ether oxygens (including phenoxy) is 1. The van der Waals surface area contributed by atoms with Crippen LogP contribution < -0.4 is 10.4 Å². The number of carbonyl (C=O) groups excluding carboxylic acids is 1. The van der Waals surface area contributed by atoms with Crippen LogP contribution in [-0.4, -0.2) is 67.0 Å². The molecule has 2 aromatic rings. The molecule has 4 rings (SSSR count). The highest BCUT2D eigenvalue weighted by Crippen LogP contribution is 2.39. The summed E-state index contributed by atoms with van der Waals surface area (Å²) in [6.45, 7) is 7.04. The number of aliphatic hydroxyl groups is 2. The van der Waals surface area contributed by atoms with Crippen LogP contribution in [0.4, 0.5) is 0 Å². The van der Waals surface area contributed by atoms with Crippen LogP contribution in [0.5, 0.6) is 0 Å². The van der Waals surface area contributed by atoms with Gasteiger partial charge in [-0.1, -0.05) is 81.4 Å². The molecule has 2 fully saturated rings. The molecule has 0 spiro atoms. The van der Waals surface area contributed by atoms with Crippen LogP contribution in [-0.2, 0) is 14.0 Å². The number of hydrogen-bond donors (Lipinski definition) is 2. The summed E-state index contributed by atoms with van der Waals surface area (Å²) in [6.07, 6.45) is 0.112. The molecule has 6 nitrogen and oxygen atoms in total. The molecule has 1 unspecified atom stereocenters. The van der Waals surface area contributed by atoms with E-state index >= 15 is 0 Å². The summed E-state index contributed by atoms with van der Waals surface area (Å²) in [5, 5.41) is 21.9. The summed E-state index contributed by atoms with van der Waals surface area (Å²) in [4.78, 5) is 14.7. The number of aliphatic hydroxyl groups excluding tert-OH is 2. The fraction of sp³-hybridized carbons (Fsp3) is 0.519. The number of likely N-dealkylation sites (tertiary alicyclic amines) is 1. The summed E-state index contributed by atoms with van der Waals surface area (Å²) in [5.41, 5.74) is 0. The molecule has 0 radical (unpaired) electrons. The van der Waals surface area contributed by atoms with Gasteiger partial charge in [0.15, 0.2) is 0 Å². The van der Waals surface area contributed by atoms with Crippen molar-refractivity contribution in [3.8, 4) is 0 Å². The Labute approximate surface area is 203 Å². The van der Waals surface area contributed by atoms with E-state index < -0.39 is 26.8 Å². The second-order valence-electron chi connectivity index (χ2n) is 10.4. The smallest absolute Gasteiger partial charge is 0.261 e. The number of benzene rings is 2. The van der Waals surface area contributed by atoms with E-state index in [0.717, 1.165) is 0 Å². The van der Waals surface area contributed by atoms with Crippen molar-refractivity contribution in [2.75, 3.05) is 13.2 Å². The van der Waals surface area contributed by atoms with E-state index in [0.29, 0.717) is 32.2 Å². The van der Waals surface area contributed by atoms with Crippen LogP contribution in [0.2, 0.25) is 5.04 Å². The normalized spacial score (nSPS) is 26.5. The first kappa shape index (κ1) is 25.1. The Kier molecular flexibility index (Phi) is 7.59. The molecule has 7 heteroatoms. The first-order valence-electron chi connectivity index (χ1n) is 12.3. The minimum atomic E-state index is -2.70. The number of amides is 1. The van der Waals surface area contributed by atoms with Crippen molar-refractivity contribution in [3.05, 3.63) is 60.7 Å². The van der Waals surface area contributed by atoms with Gasteiger partial charge in [0.1, 0.15) is 12.3 Å². The van der Waals surface area contributed by atoms with E-state index in [1.165, 1.54) is 10.4 Å². The van der Waals surface area contributed by atoms with Gasteiger partial charge >= 0.3 is 0 Å². The van der Waals surface area contributed by atoms with Crippen molar-refractivity contribution in [3.63, 3.8) is 0 Å². The van der Waals surface area contributed by atoms with Crippen LogP contribution in [0.1, 0.15) is 46.5 Å².